The molecule has 0 radical (unpaired) electrons. The molecule has 5 heteroatoms. The van der Waals surface area contributed by atoms with E-state index in [9.17, 15) is 8.78 Å². The maximum atomic E-state index is 14.7. The molecule has 0 unspecified atom stereocenters. The van der Waals surface area contributed by atoms with Crippen LogP contribution in [0.5, 0.6) is 0 Å². The van der Waals surface area contributed by atoms with Gasteiger partial charge in [0.1, 0.15) is 17.5 Å². The molecule has 0 bridgehead atoms. The maximum Gasteiger partial charge on any atom is 0.146 e. The second kappa shape index (κ2) is 13.6. The highest BCUT2D eigenvalue weighted by Crippen LogP contribution is 2.35. The molecular formula is C34H43F2N3. The Morgan fingerprint density at radius 3 is 1.74 bits per heavy atom. The third kappa shape index (κ3) is 7.84. The van der Waals surface area contributed by atoms with Crippen molar-refractivity contribution in [2.45, 2.75) is 68.2 Å². The summed E-state index contributed by atoms with van der Waals surface area (Å²) in [5.74, 6) is 2.13. The number of hydrogen-bond acceptors (Lipinski definition) is 2. The van der Waals surface area contributed by atoms with Gasteiger partial charge in [-0.2, -0.15) is 0 Å². The summed E-state index contributed by atoms with van der Waals surface area (Å²) in [6, 6.07) is 11.8. The lowest BCUT2D eigenvalue weighted by Gasteiger charge is -2.22. The molecule has 2 aromatic carbocycles. The zero-order valence-corrected chi connectivity index (χ0v) is 24.7. The average molecular weight is 532 g/mol. The van der Waals surface area contributed by atoms with Crippen LogP contribution in [0.2, 0.25) is 0 Å². The van der Waals surface area contributed by atoms with Crippen LogP contribution >= 0.6 is 0 Å². The number of hydrogen-bond donors (Lipinski definition) is 0. The molecule has 39 heavy (non-hydrogen) atoms. The normalized spacial score (nSPS) is 11.4. The molecule has 2 aromatic heterocycles. The Kier molecular flexibility index (Phi) is 10.6. The van der Waals surface area contributed by atoms with Crippen LogP contribution < -0.4 is 0 Å². The molecule has 0 N–H and O–H groups in total. The summed E-state index contributed by atoms with van der Waals surface area (Å²) in [7, 11) is 0. The maximum absolute atomic E-state index is 14.7. The molecule has 3 nitrogen and oxygen atoms in total. The van der Waals surface area contributed by atoms with E-state index in [0.29, 0.717) is 17.4 Å². The van der Waals surface area contributed by atoms with Crippen molar-refractivity contribution in [1.82, 2.24) is 14.5 Å². The Hall–Kier alpha value is -3.34. The van der Waals surface area contributed by atoms with Crippen molar-refractivity contribution >= 4 is 0 Å². The van der Waals surface area contributed by atoms with Crippen LogP contribution in [0.1, 0.15) is 66.5 Å². The van der Waals surface area contributed by atoms with E-state index in [1.54, 1.807) is 18.6 Å². The van der Waals surface area contributed by atoms with Crippen molar-refractivity contribution in [3.05, 3.63) is 90.0 Å². The highest BCUT2D eigenvalue weighted by Gasteiger charge is 2.21. The number of aromatic nitrogens is 3. The Morgan fingerprint density at radius 1 is 0.718 bits per heavy atom. The van der Waals surface area contributed by atoms with E-state index in [-0.39, 0.29) is 5.56 Å². The number of benzene rings is 2. The van der Waals surface area contributed by atoms with Gasteiger partial charge in [-0.05, 0) is 89.6 Å². The van der Waals surface area contributed by atoms with Crippen molar-refractivity contribution in [3.63, 3.8) is 0 Å². The average Bonchev–Trinajstić information content (AvgIpc) is 3.33. The van der Waals surface area contributed by atoms with Gasteiger partial charge in [0.15, 0.2) is 0 Å². The minimum Gasteiger partial charge on any atom is -0.299 e. The zero-order chi connectivity index (χ0) is 28.7. The molecule has 0 aliphatic rings. The van der Waals surface area contributed by atoms with Gasteiger partial charge in [-0.3, -0.25) is 9.55 Å². The second-order valence-electron chi connectivity index (χ2n) is 11.8. The molecule has 2 heterocycles. The minimum atomic E-state index is -0.549. The zero-order valence-electron chi connectivity index (χ0n) is 24.7. The lowest BCUT2D eigenvalue weighted by Crippen LogP contribution is -2.10. The van der Waals surface area contributed by atoms with Crippen molar-refractivity contribution in [2.24, 2.45) is 23.7 Å². The first-order chi connectivity index (χ1) is 18.5. The topological polar surface area (TPSA) is 30.7 Å². The Bertz CT molecular complexity index is 1280. The molecule has 0 saturated heterocycles. The van der Waals surface area contributed by atoms with Crippen LogP contribution in [-0.4, -0.2) is 14.5 Å². The molecule has 0 fully saturated rings. The fraction of sp³-hybridized carbons (Fsp3) is 0.412. The van der Waals surface area contributed by atoms with Crippen molar-refractivity contribution in [1.29, 1.82) is 0 Å². The molecule has 208 valence electrons. The van der Waals surface area contributed by atoms with Crippen LogP contribution in [0.15, 0.2) is 67.3 Å². The summed E-state index contributed by atoms with van der Waals surface area (Å²) >= 11 is 0. The van der Waals surface area contributed by atoms with Gasteiger partial charge >= 0.3 is 0 Å². The fourth-order valence-corrected chi connectivity index (χ4v) is 4.37. The monoisotopic (exact) mass is 531 g/mol. The predicted octanol–water partition coefficient (Wildman–Crippen LogP) is 9.57. The standard InChI is InChI=1S/C28H29F2N3.C6H14/c1-18(2)13-22-15-21(26-24(29)8-5-9-25(26)30)16-23(14-19(3)4)27(22)33-12-11-32-28(33)20-7-6-10-31-17-20;1-5(2)6(3)4/h5-12,15-19H,13-14H2,1-4H3;5-6H,1-4H3. The highest BCUT2D eigenvalue weighted by atomic mass is 19.1. The summed E-state index contributed by atoms with van der Waals surface area (Å²) in [5.41, 5.74) is 4.64. The summed E-state index contributed by atoms with van der Waals surface area (Å²) in [6.07, 6.45) is 8.82. The lowest BCUT2D eigenvalue weighted by atomic mass is 9.89. The van der Waals surface area contributed by atoms with E-state index in [1.165, 1.54) is 18.2 Å². The Morgan fingerprint density at radius 2 is 1.28 bits per heavy atom. The van der Waals surface area contributed by atoms with E-state index >= 15 is 0 Å². The van der Waals surface area contributed by atoms with Crippen LogP contribution in [0.3, 0.4) is 0 Å². The van der Waals surface area contributed by atoms with Crippen LogP contribution in [0, 0.1) is 35.3 Å². The van der Waals surface area contributed by atoms with E-state index < -0.39 is 11.6 Å². The summed E-state index contributed by atoms with van der Waals surface area (Å²) in [4.78, 5) is 8.87. The van der Waals surface area contributed by atoms with E-state index in [4.69, 9.17) is 0 Å². The smallest absolute Gasteiger partial charge is 0.146 e. The van der Waals surface area contributed by atoms with Gasteiger partial charge in [0.05, 0.1) is 11.3 Å². The van der Waals surface area contributed by atoms with Gasteiger partial charge in [0, 0.05) is 30.4 Å². The predicted molar refractivity (Wildman–Crippen MR) is 159 cm³/mol. The number of halogens is 2. The summed E-state index contributed by atoms with van der Waals surface area (Å²) in [6.45, 7) is 17.6. The SMILES string of the molecule is CC(C)C(C)C.CC(C)Cc1cc(-c2c(F)cccc2F)cc(CC(C)C)c1-n1ccnc1-c1cccnc1. The van der Waals surface area contributed by atoms with Crippen LogP contribution in [0.4, 0.5) is 8.78 Å². The molecular weight excluding hydrogens is 488 g/mol. The number of rotatable bonds is 8. The van der Waals surface area contributed by atoms with Crippen molar-refractivity contribution in [2.75, 3.05) is 0 Å². The van der Waals surface area contributed by atoms with Gasteiger partial charge in [-0.1, -0.05) is 61.5 Å². The van der Waals surface area contributed by atoms with Crippen molar-refractivity contribution < 1.29 is 8.78 Å². The van der Waals surface area contributed by atoms with Gasteiger partial charge in [-0.15, -0.1) is 0 Å². The molecule has 0 aliphatic heterocycles. The van der Waals surface area contributed by atoms with Crippen molar-refractivity contribution in [3.8, 4) is 28.2 Å². The fourth-order valence-electron chi connectivity index (χ4n) is 4.37. The van der Waals surface area contributed by atoms with Gasteiger partial charge in [0.25, 0.3) is 0 Å². The van der Waals surface area contributed by atoms with Gasteiger partial charge in [0.2, 0.25) is 0 Å². The van der Waals surface area contributed by atoms with E-state index in [0.717, 1.165) is 52.9 Å². The molecule has 0 saturated carbocycles. The second-order valence-corrected chi connectivity index (χ2v) is 11.8. The molecule has 0 amide bonds. The highest BCUT2D eigenvalue weighted by molar-refractivity contribution is 5.71. The van der Waals surface area contributed by atoms with Crippen LogP contribution in [0.25, 0.3) is 28.2 Å². The third-order valence-corrected chi connectivity index (χ3v) is 6.91. The number of pyridine rings is 1. The first kappa shape index (κ1) is 30.2. The Labute approximate surface area is 233 Å². The quantitative estimate of drug-likeness (QED) is 0.227. The largest absolute Gasteiger partial charge is 0.299 e. The van der Waals surface area contributed by atoms with Crippen LogP contribution in [-0.2, 0) is 12.8 Å². The van der Waals surface area contributed by atoms with E-state index in [1.807, 2.05) is 30.5 Å². The first-order valence-electron chi connectivity index (χ1n) is 14.0. The Balaban J connectivity index is 0.000000631. The molecule has 4 rings (SSSR count). The molecule has 4 aromatic rings. The summed E-state index contributed by atoms with van der Waals surface area (Å²) < 4.78 is 31.5. The van der Waals surface area contributed by atoms with Gasteiger partial charge in [-0.25, -0.2) is 13.8 Å². The third-order valence-electron chi connectivity index (χ3n) is 6.91. The number of nitrogens with zero attached hydrogens (tertiary/aromatic N) is 3. The number of imidazole rings is 1. The molecule has 0 spiro atoms. The first-order valence-corrected chi connectivity index (χ1v) is 14.0. The van der Waals surface area contributed by atoms with Gasteiger partial charge < -0.3 is 0 Å². The lowest BCUT2D eigenvalue weighted by molar-refractivity contribution is 0.457. The van der Waals surface area contributed by atoms with E-state index in [2.05, 4.69) is 69.9 Å². The molecule has 0 aliphatic carbocycles. The molecule has 0 atom stereocenters. The summed E-state index contributed by atoms with van der Waals surface area (Å²) in [5, 5.41) is 0. The minimum absolute atomic E-state index is 0.0252.